The first kappa shape index (κ1) is 13.5. The van der Waals surface area contributed by atoms with Gasteiger partial charge in [-0.25, -0.2) is 0 Å². The van der Waals surface area contributed by atoms with Gasteiger partial charge in [-0.15, -0.1) is 0 Å². The van der Waals surface area contributed by atoms with Crippen LogP contribution in [0.4, 0.5) is 0 Å². The Hall–Kier alpha value is -1.90. The molecule has 0 aliphatic carbocycles. The number of nitrogens with zero attached hydrogens (tertiary/aromatic N) is 1. The first-order valence-corrected chi connectivity index (χ1v) is 6.70. The summed E-state index contributed by atoms with van der Waals surface area (Å²) in [5.41, 5.74) is 3.59. The summed E-state index contributed by atoms with van der Waals surface area (Å²) in [6.07, 6.45) is 0.923. The molecule has 0 aliphatic rings. The minimum atomic E-state index is -0.0181. The lowest BCUT2D eigenvalue weighted by atomic mass is 10.0. The highest BCUT2D eigenvalue weighted by Crippen LogP contribution is 2.20. The fraction of sp³-hybridized carbons (Fsp3) is 0.375. The van der Waals surface area contributed by atoms with Crippen LogP contribution < -0.4 is 5.32 Å². The maximum atomic E-state index is 12.4. The van der Waals surface area contributed by atoms with E-state index in [9.17, 15) is 4.79 Å². The molecule has 0 saturated carbocycles. The van der Waals surface area contributed by atoms with Crippen molar-refractivity contribution in [1.82, 2.24) is 10.3 Å². The van der Waals surface area contributed by atoms with Crippen LogP contribution in [-0.2, 0) is 0 Å². The van der Waals surface area contributed by atoms with Gasteiger partial charge in [0.15, 0.2) is 0 Å². The summed E-state index contributed by atoms with van der Waals surface area (Å²) in [4.78, 5) is 16.8. The third kappa shape index (κ3) is 2.92. The lowest BCUT2D eigenvalue weighted by molar-refractivity contribution is 0.0941. The zero-order valence-corrected chi connectivity index (χ0v) is 11.9. The lowest BCUT2D eigenvalue weighted by Crippen LogP contribution is -2.32. The van der Waals surface area contributed by atoms with Crippen molar-refractivity contribution in [3.63, 3.8) is 0 Å². The molecule has 2 aromatic rings. The predicted molar refractivity (Wildman–Crippen MR) is 78.4 cm³/mol. The Morgan fingerprint density at radius 1 is 1.32 bits per heavy atom. The van der Waals surface area contributed by atoms with Crippen LogP contribution in [-0.4, -0.2) is 16.9 Å². The van der Waals surface area contributed by atoms with Crippen LogP contribution in [0, 0.1) is 13.8 Å². The zero-order chi connectivity index (χ0) is 14.0. The molecule has 1 N–H and O–H groups in total. The van der Waals surface area contributed by atoms with E-state index in [2.05, 4.69) is 17.2 Å². The van der Waals surface area contributed by atoms with Crippen LogP contribution in [0.3, 0.4) is 0 Å². The van der Waals surface area contributed by atoms with E-state index < -0.39 is 0 Å². The monoisotopic (exact) mass is 256 g/mol. The van der Waals surface area contributed by atoms with E-state index in [1.165, 1.54) is 0 Å². The summed E-state index contributed by atoms with van der Waals surface area (Å²) >= 11 is 0. The predicted octanol–water partition coefficient (Wildman–Crippen LogP) is 3.38. The molecule has 0 radical (unpaired) electrons. The number of aryl methyl sites for hydroxylation is 2. The van der Waals surface area contributed by atoms with Crippen molar-refractivity contribution in [2.75, 3.05) is 0 Å². The Bertz CT molecular complexity index is 619. The van der Waals surface area contributed by atoms with Gasteiger partial charge < -0.3 is 5.32 Å². The van der Waals surface area contributed by atoms with Crippen molar-refractivity contribution >= 4 is 16.8 Å². The second-order valence-electron chi connectivity index (χ2n) is 5.11. The number of nitrogens with one attached hydrogen (secondary N) is 1. The Balaban J connectivity index is 2.52. The molecule has 1 heterocycles. The first-order chi connectivity index (χ1) is 9.01. The van der Waals surface area contributed by atoms with Crippen LogP contribution in [0.2, 0.25) is 0 Å². The third-order valence-electron chi connectivity index (χ3n) is 3.33. The standard InChI is InChI=1S/C16H20N2O/c1-5-11(3)18-16(19)14-9-12(4)17-15-7-6-10(2)8-13(14)15/h6-9,11H,5H2,1-4H3,(H,18,19). The summed E-state index contributed by atoms with van der Waals surface area (Å²) in [5, 5.41) is 3.94. The minimum Gasteiger partial charge on any atom is -0.350 e. The minimum absolute atomic E-state index is 0.0181. The number of carbonyl (C=O) groups is 1. The summed E-state index contributed by atoms with van der Waals surface area (Å²) in [6.45, 7) is 8.01. The topological polar surface area (TPSA) is 42.0 Å². The van der Waals surface area contributed by atoms with Crippen molar-refractivity contribution in [2.45, 2.75) is 40.2 Å². The van der Waals surface area contributed by atoms with Crippen molar-refractivity contribution in [3.05, 3.63) is 41.1 Å². The maximum Gasteiger partial charge on any atom is 0.252 e. The highest BCUT2D eigenvalue weighted by atomic mass is 16.1. The van der Waals surface area contributed by atoms with Crippen molar-refractivity contribution in [2.24, 2.45) is 0 Å². The number of fused-ring (bicyclic) bond motifs is 1. The van der Waals surface area contributed by atoms with E-state index in [0.29, 0.717) is 5.56 Å². The fourth-order valence-electron chi connectivity index (χ4n) is 2.06. The largest absolute Gasteiger partial charge is 0.350 e. The SMILES string of the molecule is CCC(C)NC(=O)c1cc(C)nc2ccc(C)cc12. The van der Waals surface area contributed by atoms with E-state index in [1.54, 1.807) is 0 Å². The second-order valence-corrected chi connectivity index (χ2v) is 5.11. The Morgan fingerprint density at radius 3 is 2.74 bits per heavy atom. The molecule has 2 rings (SSSR count). The molecule has 19 heavy (non-hydrogen) atoms. The Labute approximate surface area is 114 Å². The average molecular weight is 256 g/mol. The molecule has 1 aromatic heterocycles. The zero-order valence-electron chi connectivity index (χ0n) is 11.9. The number of aromatic nitrogens is 1. The smallest absolute Gasteiger partial charge is 0.252 e. The molecule has 100 valence electrons. The van der Waals surface area contributed by atoms with Crippen LogP contribution >= 0.6 is 0 Å². The Morgan fingerprint density at radius 2 is 2.05 bits per heavy atom. The number of pyridine rings is 1. The highest BCUT2D eigenvalue weighted by Gasteiger charge is 2.13. The molecule has 1 amide bonds. The van der Waals surface area contributed by atoms with Gasteiger partial charge in [0, 0.05) is 17.1 Å². The highest BCUT2D eigenvalue weighted by molar-refractivity contribution is 6.06. The molecule has 1 aromatic carbocycles. The van der Waals surface area contributed by atoms with Crippen LogP contribution in [0.25, 0.3) is 10.9 Å². The molecule has 1 unspecified atom stereocenters. The van der Waals surface area contributed by atoms with Gasteiger partial charge >= 0.3 is 0 Å². The van der Waals surface area contributed by atoms with Crippen molar-refractivity contribution < 1.29 is 4.79 Å². The van der Waals surface area contributed by atoms with Gasteiger partial charge in [0.2, 0.25) is 0 Å². The third-order valence-corrected chi connectivity index (χ3v) is 3.33. The number of rotatable bonds is 3. The van der Waals surface area contributed by atoms with Gasteiger partial charge in [-0.05, 0) is 45.4 Å². The van der Waals surface area contributed by atoms with Gasteiger partial charge in [0.25, 0.3) is 5.91 Å². The molecule has 0 spiro atoms. The fourth-order valence-corrected chi connectivity index (χ4v) is 2.06. The number of carbonyl (C=O) groups excluding carboxylic acids is 1. The molecular weight excluding hydrogens is 236 g/mol. The van der Waals surface area contributed by atoms with Crippen LogP contribution in [0.15, 0.2) is 24.3 Å². The average Bonchev–Trinajstić information content (AvgIpc) is 2.38. The lowest BCUT2D eigenvalue weighted by Gasteiger charge is -2.13. The van der Waals surface area contributed by atoms with E-state index >= 15 is 0 Å². The molecule has 0 bridgehead atoms. The summed E-state index contributed by atoms with van der Waals surface area (Å²) in [6, 6.07) is 8.05. The summed E-state index contributed by atoms with van der Waals surface area (Å²) < 4.78 is 0. The van der Waals surface area contributed by atoms with Crippen LogP contribution in [0.5, 0.6) is 0 Å². The normalized spacial score (nSPS) is 12.4. The van der Waals surface area contributed by atoms with Crippen LogP contribution in [0.1, 0.15) is 41.9 Å². The molecule has 3 nitrogen and oxygen atoms in total. The molecule has 0 fully saturated rings. The van der Waals surface area contributed by atoms with Gasteiger partial charge in [-0.2, -0.15) is 0 Å². The van der Waals surface area contributed by atoms with Gasteiger partial charge in [0.05, 0.1) is 11.1 Å². The first-order valence-electron chi connectivity index (χ1n) is 6.70. The van der Waals surface area contributed by atoms with E-state index in [-0.39, 0.29) is 11.9 Å². The Kier molecular flexibility index (Phi) is 3.84. The second kappa shape index (κ2) is 5.39. The number of benzene rings is 1. The van der Waals surface area contributed by atoms with E-state index in [0.717, 1.165) is 28.6 Å². The van der Waals surface area contributed by atoms with Gasteiger partial charge in [-0.1, -0.05) is 18.6 Å². The van der Waals surface area contributed by atoms with Gasteiger partial charge in [0.1, 0.15) is 0 Å². The van der Waals surface area contributed by atoms with Crippen molar-refractivity contribution in [3.8, 4) is 0 Å². The van der Waals surface area contributed by atoms with Gasteiger partial charge in [-0.3, -0.25) is 9.78 Å². The number of hydrogen-bond acceptors (Lipinski definition) is 2. The summed E-state index contributed by atoms with van der Waals surface area (Å²) in [5.74, 6) is -0.0181. The summed E-state index contributed by atoms with van der Waals surface area (Å²) in [7, 11) is 0. The molecule has 0 aliphatic heterocycles. The number of amides is 1. The molecular formula is C16H20N2O. The maximum absolute atomic E-state index is 12.4. The molecule has 3 heteroatoms. The quantitative estimate of drug-likeness (QED) is 0.914. The van der Waals surface area contributed by atoms with E-state index in [4.69, 9.17) is 0 Å². The molecule has 0 saturated heterocycles. The van der Waals surface area contributed by atoms with Crippen molar-refractivity contribution in [1.29, 1.82) is 0 Å². The van der Waals surface area contributed by atoms with E-state index in [1.807, 2.05) is 45.0 Å². The number of hydrogen-bond donors (Lipinski definition) is 1. The molecule has 1 atom stereocenters.